The van der Waals surface area contributed by atoms with Gasteiger partial charge in [-0.3, -0.25) is 4.98 Å². The first kappa shape index (κ1) is 12.4. The van der Waals surface area contributed by atoms with Crippen LogP contribution in [0, 0.1) is 5.82 Å². The lowest BCUT2D eigenvalue weighted by molar-refractivity contribution is 0.628. The van der Waals surface area contributed by atoms with Crippen molar-refractivity contribution in [2.75, 3.05) is 0 Å². The Kier molecular flexibility index (Phi) is 3.46. The molecule has 2 aromatic heterocycles. The Bertz CT molecular complexity index is 679. The smallest absolute Gasteiger partial charge is 0.159 e. The van der Waals surface area contributed by atoms with Gasteiger partial charge in [0.1, 0.15) is 5.82 Å². The zero-order valence-electron chi connectivity index (χ0n) is 10.7. The first-order valence-corrected chi connectivity index (χ1v) is 6.27. The summed E-state index contributed by atoms with van der Waals surface area (Å²) in [6, 6.07) is 10.1. The van der Waals surface area contributed by atoms with Crippen molar-refractivity contribution >= 4 is 0 Å². The van der Waals surface area contributed by atoms with Crippen LogP contribution in [0.5, 0.6) is 0 Å². The fourth-order valence-electron chi connectivity index (χ4n) is 1.93. The van der Waals surface area contributed by atoms with E-state index in [2.05, 4.69) is 15.0 Å². The average Bonchev–Trinajstić information content (AvgIpc) is 2.50. The molecule has 1 aromatic carbocycles. The standard InChI is InChI=1S/C16H12FN3/c17-15-3-1-14(2-4-15)16-19-10-13(11-20-16)9-12-5-7-18-8-6-12/h1-8,10-11H,9H2. The Balaban J connectivity index is 1.79. The van der Waals surface area contributed by atoms with Gasteiger partial charge >= 0.3 is 0 Å². The van der Waals surface area contributed by atoms with Crippen LogP contribution in [0.25, 0.3) is 11.4 Å². The van der Waals surface area contributed by atoms with Gasteiger partial charge in [-0.15, -0.1) is 0 Å². The zero-order chi connectivity index (χ0) is 13.8. The number of halogens is 1. The maximum Gasteiger partial charge on any atom is 0.159 e. The van der Waals surface area contributed by atoms with Gasteiger partial charge in [-0.05, 0) is 47.5 Å². The Morgan fingerprint density at radius 1 is 0.800 bits per heavy atom. The topological polar surface area (TPSA) is 38.7 Å². The molecule has 3 rings (SSSR count). The number of pyridine rings is 1. The number of nitrogens with zero attached hydrogens (tertiary/aromatic N) is 3. The first-order valence-electron chi connectivity index (χ1n) is 6.27. The summed E-state index contributed by atoms with van der Waals surface area (Å²) in [4.78, 5) is 12.6. The third-order valence-corrected chi connectivity index (χ3v) is 2.97. The highest BCUT2D eigenvalue weighted by Crippen LogP contribution is 2.15. The highest BCUT2D eigenvalue weighted by atomic mass is 19.1. The molecule has 20 heavy (non-hydrogen) atoms. The molecule has 0 spiro atoms. The summed E-state index contributed by atoms with van der Waals surface area (Å²) in [5, 5.41) is 0. The maximum atomic E-state index is 12.9. The molecule has 0 unspecified atom stereocenters. The minimum atomic E-state index is -0.261. The summed E-state index contributed by atoms with van der Waals surface area (Å²) in [5.41, 5.74) is 3.00. The molecule has 2 heterocycles. The largest absolute Gasteiger partial charge is 0.265 e. The van der Waals surface area contributed by atoms with Crippen LogP contribution >= 0.6 is 0 Å². The normalized spacial score (nSPS) is 10.4. The van der Waals surface area contributed by atoms with Crippen molar-refractivity contribution in [2.24, 2.45) is 0 Å². The van der Waals surface area contributed by atoms with E-state index in [0.717, 1.165) is 23.1 Å². The lowest BCUT2D eigenvalue weighted by atomic mass is 10.1. The third-order valence-electron chi connectivity index (χ3n) is 2.97. The highest BCUT2D eigenvalue weighted by molar-refractivity contribution is 5.54. The molecule has 0 aliphatic carbocycles. The van der Waals surface area contributed by atoms with Crippen LogP contribution in [0.2, 0.25) is 0 Å². The Labute approximate surface area is 116 Å². The molecule has 3 nitrogen and oxygen atoms in total. The lowest BCUT2D eigenvalue weighted by Gasteiger charge is -2.03. The van der Waals surface area contributed by atoms with Gasteiger partial charge < -0.3 is 0 Å². The van der Waals surface area contributed by atoms with Gasteiger partial charge in [0.2, 0.25) is 0 Å². The quantitative estimate of drug-likeness (QED) is 0.729. The maximum absolute atomic E-state index is 12.9. The summed E-state index contributed by atoms with van der Waals surface area (Å²) >= 11 is 0. The van der Waals surface area contributed by atoms with Crippen molar-refractivity contribution in [1.82, 2.24) is 15.0 Å². The van der Waals surface area contributed by atoms with Crippen molar-refractivity contribution in [1.29, 1.82) is 0 Å². The van der Waals surface area contributed by atoms with Crippen molar-refractivity contribution < 1.29 is 4.39 Å². The minimum Gasteiger partial charge on any atom is -0.265 e. The number of rotatable bonds is 3. The third kappa shape index (κ3) is 2.85. The summed E-state index contributed by atoms with van der Waals surface area (Å²) in [6.07, 6.45) is 7.90. The van der Waals surface area contributed by atoms with E-state index in [9.17, 15) is 4.39 Å². The molecule has 0 saturated heterocycles. The Morgan fingerprint density at radius 2 is 1.45 bits per heavy atom. The molecule has 0 aliphatic heterocycles. The second kappa shape index (κ2) is 5.57. The van der Waals surface area contributed by atoms with Gasteiger partial charge in [0, 0.05) is 36.8 Å². The van der Waals surface area contributed by atoms with Gasteiger partial charge in [-0.2, -0.15) is 0 Å². The lowest BCUT2D eigenvalue weighted by Crippen LogP contribution is -1.94. The van der Waals surface area contributed by atoms with E-state index in [1.165, 1.54) is 12.1 Å². The molecule has 0 bridgehead atoms. The molecule has 4 heteroatoms. The fourth-order valence-corrected chi connectivity index (χ4v) is 1.93. The van der Waals surface area contributed by atoms with Crippen molar-refractivity contribution in [3.05, 3.63) is 78.1 Å². The molecule has 0 N–H and O–H groups in total. The highest BCUT2D eigenvalue weighted by Gasteiger charge is 2.02. The van der Waals surface area contributed by atoms with E-state index in [-0.39, 0.29) is 5.82 Å². The molecule has 0 fully saturated rings. The molecular formula is C16H12FN3. The summed E-state index contributed by atoms with van der Waals surface area (Å²) in [6.45, 7) is 0. The number of benzene rings is 1. The van der Waals surface area contributed by atoms with E-state index < -0.39 is 0 Å². The summed E-state index contributed by atoms with van der Waals surface area (Å²) < 4.78 is 12.9. The summed E-state index contributed by atoms with van der Waals surface area (Å²) in [5.74, 6) is 0.339. The van der Waals surface area contributed by atoms with E-state index >= 15 is 0 Å². The molecule has 0 saturated carbocycles. The van der Waals surface area contributed by atoms with Gasteiger partial charge in [-0.1, -0.05) is 0 Å². The predicted octanol–water partition coefficient (Wildman–Crippen LogP) is 3.27. The van der Waals surface area contributed by atoms with E-state index in [4.69, 9.17) is 0 Å². The van der Waals surface area contributed by atoms with E-state index in [1.807, 2.05) is 12.1 Å². The Morgan fingerprint density at radius 3 is 2.10 bits per heavy atom. The van der Waals surface area contributed by atoms with Gasteiger partial charge in [0.15, 0.2) is 5.82 Å². The van der Waals surface area contributed by atoms with Crippen LogP contribution in [0.1, 0.15) is 11.1 Å². The monoisotopic (exact) mass is 265 g/mol. The number of aromatic nitrogens is 3. The summed E-state index contributed by atoms with van der Waals surface area (Å²) in [7, 11) is 0. The van der Waals surface area contributed by atoms with Crippen LogP contribution in [-0.2, 0) is 6.42 Å². The second-order valence-electron chi connectivity index (χ2n) is 4.45. The van der Waals surface area contributed by atoms with Gasteiger partial charge in [-0.25, -0.2) is 14.4 Å². The van der Waals surface area contributed by atoms with E-state index in [0.29, 0.717) is 5.82 Å². The second-order valence-corrected chi connectivity index (χ2v) is 4.45. The minimum absolute atomic E-state index is 0.261. The SMILES string of the molecule is Fc1ccc(-c2ncc(Cc3ccncc3)cn2)cc1. The first-order chi connectivity index (χ1) is 9.81. The van der Waals surface area contributed by atoms with E-state index in [1.54, 1.807) is 36.9 Å². The van der Waals surface area contributed by atoms with Crippen molar-refractivity contribution in [3.63, 3.8) is 0 Å². The number of hydrogen-bond donors (Lipinski definition) is 0. The van der Waals surface area contributed by atoms with Crippen LogP contribution in [0.3, 0.4) is 0 Å². The van der Waals surface area contributed by atoms with Gasteiger partial charge in [0.25, 0.3) is 0 Å². The van der Waals surface area contributed by atoms with Gasteiger partial charge in [0.05, 0.1) is 0 Å². The molecule has 0 radical (unpaired) electrons. The van der Waals surface area contributed by atoms with Crippen LogP contribution in [-0.4, -0.2) is 15.0 Å². The predicted molar refractivity (Wildman–Crippen MR) is 74.5 cm³/mol. The molecule has 3 aromatic rings. The zero-order valence-corrected chi connectivity index (χ0v) is 10.7. The Hall–Kier alpha value is -2.62. The van der Waals surface area contributed by atoms with Crippen LogP contribution in [0.15, 0.2) is 61.2 Å². The molecule has 0 amide bonds. The van der Waals surface area contributed by atoms with Crippen molar-refractivity contribution in [2.45, 2.75) is 6.42 Å². The molecule has 0 aliphatic rings. The molecular weight excluding hydrogens is 253 g/mol. The van der Waals surface area contributed by atoms with Crippen LogP contribution in [0.4, 0.5) is 4.39 Å². The van der Waals surface area contributed by atoms with Crippen molar-refractivity contribution in [3.8, 4) is 11.4 Å². The fraction of sp³-hybridized carbons (Fsp3) is 0.0625. The molecule has 0 atom stereocenters. The number of hydrogen-bond acceptors (Lipinski definition) is 3. The van der Waals surface area contributed by atoms with Crippen LogP contribution < -0.4 is 0 Å². The molecule has 98 valence electrons. The average molecular weight is 265 g/mol.